The Labute approximate surface area is 189 Å². The average Bonchev–Trinajstić information content (AvgIpc) is 3.08. The number of fused-ring (bicyclic) bond motifs is 1. The number of alkyl halides is 3. The van der Waals surface area contributed by atoms with Crippen LogP contribution in [0.15, 0.2) is 59.6 Å². The van der Waals surface area contributed by atoms with Gasteiger partial charge in [0.2, 0.25) is 15.9 Å². The van der Waals surface area contributed by atoms with Crippen LogP contribution in [0.2, 0.25) is 0 Å². The molecule has 33 heavy (non-hydrogen) atoms. The highest BCUT2D eigenvalue weighted by atomic mass is 32.2. The molecule has 4 rings (SSSR count). The van der Waals surface area contributed by atoms with Crippen molar-refractivity contribution < 1.29 is 31.1 Å². The number of para-hydroxylation sites is 1. The number of carbonyl (C=O) groups is 1. The van der Waals surface area contributed by atoms with E-state index in [1.807, 2.05) is 42.1 Å². The van der Waals surface area contributed by atoms with E-state index in [4.69, 9.17) is 0 Å². The number of benzene rings is 2. The van der Waals surface area contributed by atoms with Gasteiger partial charge >= 0.3 is 6.36 Å². The maximum Gasteiger partial charge on any atom is 0.573 e. The summed E-state index contributed by atoms with van der Waals surface area (Å²) in [4.78, 5) is 14.3. The first-order valence-corrected chi connectivity index (χ1v) is 11.7. The maximum atomic E-state index is 12.9. The number of hydrogen-bond donors (Lipinski definition) is 0. The summed E-state index contributed by atoms with van der Waals surface area (Å²) in [7, 11) is -1.98. The Morgan fingerprint density at radius 1 is 1.00 bits per heavy atom. The molecule has 1 amide bonds. The summed E-state index contributed by atoms with van der Waals surface area (Å²) in [5, 5.41) is 1.01. The number of aromatic nitrogens is 1. The van der Waals surface area contributed by atoms with Gasteiger partial charge in [-0.15, -0.1) is 13.2 Å². The Bertz CT molecular complexity index is 1260. The van der Waals surface area contributed by atoms with Gasteiger partial charge in [0, 0.05) is 50.3 Å². The van der Waals surface area contributed by atoms with Gasteiger partial charge < -0.3 is 14.2 Å². The first kappa shape index (κ1) is 23.1. The number of nitrogens with zero attached hydrogens (tertiary/aromatic N) is 3. The van der Waals surface area contributed by atoms with Crippen molar-refractivity contribution in [3.8, 4) is 5.75 Å². The van der Waals surface area contributed by atoms with Gasteiger partial charge in [-0.2, -0.15) is 4.31 Å². The topological polar surface area (TPSA) is 71.9 Å². The highest BCUT2D eigenvalue weighted by Gasteiger charge is 2.32. The Hall–Kier alpha value is -3.05. The van der Waals surface area contributed by atoms with Crippen molar-refractivity contribution in [1.82, 2.24) is 13.8 Å². The molecule has 1 aliphatic heterocycles. The summed E-state index contributed by atoms with van der Waals surface area (Å²) in [5.41, 5.74) is 1.94. The van der Waals surface area contributed by atoms with Crippen LogP contribution in [0.3, 0.4) is 0 Å². The molecule has 1 fully saturated rings. The molecule has 2 heterocycles. The van der Waals surface area contributed by atoms with Crippen LogP contribution in [0, 0.1) is 0 Å². The van der Waals surface area contributed by atoms with Crippen molar-refractivity contribution in [2.24, 2.45) is 7.05 Å². The molecular formula is C22H22F3N3O4S. The fourth-order valence-electron chi connectivity index (χ4n) is 3.98. The van der Waals surface area contributed by atoms with E-state index in [9.17, 15) is 26.4 Å². The lowest BCUT2D eigenvalue weighted by Gasteiger charge is -2.34. The molecule has 0 N–H and O–H groups in total. The summed E-state index contributed by atoms with van der Waals surface area (Å²) in [6.07, 6.45) is -2.71. The molecule has 0 aliphatic carbocycles. The molecule has 176 valence electrons. The number of ether oxygens (including phenoxy) is 1. The average molecular weight is 481 g/mol. The molecule has 1 aromatic heterocycles. The van der Waals surface area contributed by atoms with Crippen molar-refractivity contribution in [1.29, 1.82) is 0 Å². The maximum absolute atomic E-state index is 12.9. The van der Waals surface area contributed by atoms with Crippen LogP contribution >= 0.6 is 0 Å². The first-order valence-electron chi connectivity index (χ1n) is 10.2. The number of rotatable bonds is 5. The smallest absolute Gasteiger partial charge is 0.406 e. The second kappa shape index (κ2) is 8.71. The minimum absolute atomic E-state index is 0.0861. The number of aryl methyl sites for hydroxylation is 1. The predicted molar refractivity (Wildman–Crippen MR) is 115 cm³/mol. The third kappa shape index (κ3) is 4.98. The summed E-state index contributed by atoms with van der Waals surface area (Å²) < 4.78 is 69.6. The summed E-state index contributed by atoms with van der Waals surface area (Å²) >= 11 is 0. The highest BCUT2D eigenvalue weighted by Crippen LogP contribution is 2.26. The number of halogens is 3. The van der Waals surface area contributed by atoms with Gasteiger partial charge in [0.15, 0.2) is 0 Å². The van der Waals surface area contributed by atoms with Gasteiger partial charge in [0.25, 0.3) is 0 Å². The van der Waals surface area contributed by atoms with Crippen molar-refractivity contribution in [3.63, 3.8) is 0 Å². The fourth-order valence-corrected chi connectivity index (χ4v) is 5.40. The molecule has 1 aliphatic rings. The third-order valence-corrected chi connectivity index (χ3v) is 7.52. The van der Waals surface area contributed by atoms with Crippen LogP contribution in [0.4, 0.5) is 13.2 Å². The number of hydrogen-bond acceptors (Lipinski definition) is 4. The lowest BCUT2D eigenvalue weighted by atomic mass is 10.1. The van der Waals surface area contributed by atoms with Crippen LogP contribution in [0.25, 0.3) is 10.9 Å². The largest absolute Gasteiger partial charge is 0.573 e. The zero-order chi connectivity index (χ0) is 23.8. The molecule has 11 heteroatoms. The normalized spacial score (nSPS) is 15.7. The number of piperazine rings is 1. The van der Waals surface area contributed by atoms with E-state index in [1.54, 1.807) is 4.90 Å². The van der Waals surface area contributed by atoms with Gasteiger partial charge in [0.1, 0.15) is 5.75 Å². The van der Waals surface area contributed by atoms with E-state index in [0.717, 1.165) is 40.7 Å². The quantitative estimate of drug-likeness (QED) is 0.562. The van der Waals surface area contributed by atoms with Gasteiger partial charge in [-0.25, -0.2) is 8.42 Å². The van der Waals surface area contributed by atoms with E-state index in [0.29, 0.717) is 0 Å². The molecule has 0 atom stereocenters. The van der Waals surface area contributed by atoms with Crippen molar-refractivity contribution in [2.45, 2.75) is 17.7 Å². The second-order valence-electron chi connectivity index (χ2n) is 7.76. The monoisotopic (exact) mass is 481 g/mol. The number of carbonyl (C=O) groups excluding carboxylic acids is 1. The van der Waals surface area contributed by atoms with E-state index in [-0.39, 0.29) is 43.4 Å². The molecule has 0 bridgehead atoms. The van der Waals surface area contributed by atoms with Crippen molar-refractivity contribution >= 4 is 26.8 Å². The molecule has 0 unspecified atom stereocenters. The van der Waals surface area contributed by atoms with E-state index < -0.39 is 22.1 Å². The molecule has 7 nitrogen and oxygen atoms in total. The third-order valence-electron chi connectivity index (χ3n) is 5.61. The van der Waals surface area contributed by atoms with Crippen molar-refractivity contribution in [3.05, 3.63) is 60.3 Å². The summed E-state index contributed by atoms with van der Waals surface area (Å²) in [6.45, 7) is 0.672. The van der Waals surface area contributed by atoms with Crippen LogP contribution < -0.4 is 4.74 Å². The van der Waals surface area contributed by atoms with Crippen molar-refractivity contribution in [2.75, 3.05) is 26.2 Å². The first-order chi connectivity index (χ1) is 15.5. The Morgan fingerprint density at radius 3 is 2.27 bits per heavy atom. The Morgan fingerprint density at radius 2 is 1.64 bits per heavy atom. The molecule has 0 radical (unpaired) electrons. The van der Waals surface area contributed by atoms with Gasteiger partial charge in [-0.05, 0) is 35.9 Å². The molecule has 1 saturated heterocycles. The molecule has 0 saturated carbocycles. The van der Waals surface area contributed by atoms with Crippen LogP contribution in [-0.4, -0.2) is 60.6 Å². The Kier molecular flexibility index (Phi) is 6.10. The lowest BCUT2D eigenvalue weighted by Crippen LogP contribution is -2.50. The minimum Gasteiger partial charge on any atom is -0.406 e. The van der Waals surface area contributed by atoms with Gasteiger partial charge in [-0.1, -0.05) is 18.2 Å². The zero-order valence-electron chi connectivity index (χ0n) is 17.7. The van der Waals surface area contributed by atoms with E-state index in [1.165, 1.54) is 4.31 Å². The van der Waals surface area contributed by atoms with Crippen LogP contribution in [0.5, 0.6) is 5.75 Å². The SMILES string of the molecule is Cn1cc(CC(=O)N2CCN(S(=O)(=O)c3ccc(OC(F)(F)F)cc3)CC2)c2ccccc21. The predicted octanol–water partition coefficient (Wildman–Crippen LogP) is 3.15. The minimum atomic E-state index is -4.85. The standard InChI is InChI=1S/C22H22F3N3O4S/c1-26-15-16(19-4-2-3-5-20(19)26)14-21(29)27-10-12-28(13-11-27)33(30,31)18-8-6-17(7-9-18)32-22(23,24)25/h2-9,15H,10-14H2,1H3. The lowest BCUT2D eigenvalue weighted by molar-refractivity contribution is -0.274. The van der Waals surface area contributed by atoms with Crippen LogP contribution in [0.1, 0.15) is 5.56 Å². The summed E-state index contributed by atoms with van der Waals surface area (Å²) in [6, 6.07) is 11.9. The van der Waals surface area contributed by atoms with Gasteiger partial charge in [-0.3, -0.25) is 4.79 Å². The molecular weight excluding hydrogens is 459 g/mol. The molecule has 0 spiro atoms. The zero-order valence-corrected chi connectivity index (χ0v) is 18.6. The van der Waals surface area contributed by atoms with E-state index >= 15 is 0 Å². The number of sulfonamides is 1. The van der Waals surface area contributed by atoms with E-state index in [2.05, 4.69) is 4.74 Å². The van der Waals surface area contributed by atoms with Gasteiger partial charge in [0.05, 0.1) is 11.3 Å². The highest BCUT2D eigenvalue weighted by molar-refractivity contribution is 7.89. The Balaban J connectivity index is 1.39. The fraction of sp³-hybridized carbons (Fsp3) is 0.318. The number of amides is 1. The second-order valence-corrected chi connectivity index (χ2v) is 9.70. The van der Waals surface area contributed by atoms with Crippen LogP contribution in [-0.2, 0) is 28.3 Å². The molecule has 2 aromatic carbocycles. The summed E-state index contributed by atoms with van der Waals surface area (Å²) in [5.74, 6) is -0.581. The molecule has 3 aromatic rings.